The van der Waals surface area contributed by atoms with E-state index in [1.165, 1.54) is 48.5 Å². The van der Waals surface area contributed by atoms with Crippen LogP contribution in [0.4, 0.5) is 0 Å². The Labute approximate surface area is 164 Å². The molecular formula is C17H31N5O6. The molecule has 0 bridgehead atoms. The Kier molecular flexibility index (Phi) is 8.58. The van der Waals surface area contributed by atoms with Gasteiger partial charge in [-0.25, -0.2) is 0 Å². The number of nitrogens with two attached hydrogens (primary N) is 1. The van der Waals surface area contributed by atoms with Crippen LogP contribution in [0.3, 0.4) is 0 Å². The standard InChI is InChI=1S/C17H31N5O6/c1-8(18)11(23)21-16(4,5)14(27)19-9(2)12(24)22-17(6,7)15(28)20-10(3)13(25)26/h8-10H,18H2,1-7H3,(H,19,27)(H,20,28)(H,21,23)(H,22,24)(H,25,26)/t8-,9-,10-/m0/s1. The van der Waals surface area contributed by atoms with Crippen molar-refractivity contribution in [1.29, 1.82) is 0 Å². The number of amides is 4. The molecule has 0 saturated heterocycles. The van der Waals surface area contributed by atoms with Crippen molar-refractivity contribution in [1.82, 2.24) is 21.3 Å². The van der Waals surface area contributed by atoms with Gasteiger partial charge in [-0.1, -0.05) is 0 Å². The third-order valence-electron chi connectivity index (χ3n) is 3.88. The molecule has 0 aromatic rings. The van der Waals surface area contributed by atoms with E-state index < -0.39 is 58.8 Å². The van der Waals surface area contributed by atoms with Gasteiger partial charge in [-0.3, -0.25) is 24.0 Å². The minimum Gasteiger partial charge on any atom is -0.480 e. The molecule has 0 unspecified atom stereocenters. The van der Waals surface area contributed by atoms with E-state index in [4.69, 9.17) is 10.8 Å². The van der Waals surface area contributed by atoms with Crippen LogP contribution < -0.4 is 27.0 Å². The van der Waals surface area contributed by atoms with E-state index >= 15 is 0 Å². The van der Waals surface area contributed by atoms with E-state index in [9.17, 15) is 24.0 Å². The summed E-state index contributed by atoms with van der Waals surface area (Å²) in [6.07, 6.45) is 0. The lowest BCUT2D eigenvalue weighted by molar-refractivity contribution is -0.142. The van der Waals surface area contributed by atoms with Crippen LogP contribution in [-0.4, -0.2) is 63.9 Å². The maximum Gasteiger partial charge on any atom is 0.325 e. The van der Waals surface area contributed by atoms with E-state index in [0.717, 1.165) is 0 Å². The molecule has 11 nitrogen and oxygen atoms in total. The monoisotopic (exact) mass is 401 g/mol. The highest BCUT2D eigenvalue weighted by atomic mass is 16.4. The van der Waals surface area contributed by atoms with Gasteiger partial charge in [-0.05, 0) is 48.5 Å². The highest BCUT2D eigenvalue weighted by Gasteiger charge is 2.35. The molecule has 0 heterocycles. The Balaban J connectivity index is 4.93. The Bertz CT molecular complexity index is 644. The van der Waals surface area contributed by atoms with E-state index in [1.54, 1.807) is 0 Å². The summed E-state index contributed by atoms with van der Waals surface area (Å²) in [6.45, 7) is 9.88. The van der Waals surface area contributed by atoms with Crippen molar-refractivity contribution in [2.24, 2.45) is 5.73 Å². The van der Waals surface area contributed by atoms with E-state index in [2.05, 4.69) is 21.3 Å². The van der Waals surface area contributed by atoms with Crippen molar-refractivity contribution in [3.05, 3.63) is 0 Å². The molecule has 7 N–H and O–H groups in total. The van der Waals surface area contributed by atoms with Crippen LogP contribution >= 0.6 is 0 Å². The summed E-state index contributed by atoms with van der Waals surface area (Å²) < 4.78 is 0. The van der Waals surface area contributed by atoms with Gasteiger partial charge in [0.25, 0.3) is 0 Å². The van der Waals surface area contributed by atoms with Gasteiger partial charge in [-0.15, -0.1) is 0 Å². The number of carboxylic acid groups (broad SMARTS) is 1. The zero-order valence-electron chi connectivity index (χ0n) is 17.3. The van der Waals surface area contributed by atoms with E-state index in [-0.39, 0.29) is 0 Å². The molecular weight excluding hydrogens is 370 g/mol. The largest absolute Gasteiger partial charge is 0.480 e. The summed E-state index contributed by atoms with van der Waals surface area (Å²) in [4.78, 5) is 59.4. The first-order valence-electron chi connectivity index (χ1n) is 8.75. The number of aliphatic carboxylic acids is 1. The molecule has 0 fully saturated rings. The summed E-state index contributed by atoms with van der Waals surface area (Å²) in [5.41, 5.74) is 2.73. The SMILES string of the molecule is C[C@H](N)C(=O)NC(C)(C)C(=O)N[C@@H](C)C(=O)NC(C)(C)C(=O)N[C@@H](C)C(=O)O. The predicted octanol–water partition coefficient (Wildman–Crippen LogP) is -1.78. The number of carbonyl (C=O) groups excluding carboxylic acids is 4. The second-order valence-electron chi connectivity index (χ2n) is 7.75. The van der Waals surface area contributed by atoms with E-state index in [0.29, 0.717) is 0 Å². The highest BCUT2D eigenvalue weighted by Crippen LogP contribution is 2.06. The minimum absolute atomic E-state index is 0.525. The molecule has 160 valence electrons. The molecule has 3 atom stereocenters. The van der Waals surface area contributed by atoms with Gasteiger partial charge < -0.3 is 32.1 Å². The fourth-order valence-electron chi connectivity index (χ4n) is 1.83. The van der Waals surface area contributed by atoms with Crippen LogP contribution in [0.1, 0.15) is 48.5 Å². The molecule has 0 saturated carbocycles. The third-order valence-corrected chi connectivity index (χ3v) is 3.88. The molecule has 0 rings (SSSR count). The second kappa shape index (κ2) is 9.49. The summed E-state index contributed by atoms with van der Waals surface area (Å²) >= 11 is 0. The normalized spacial score (nSPS) is 14.9. The average molecular weight is 401 g/mol. The lowest BCUT2D eigenvalue weighted by Gasteiger charge is -2.30. The first-order chi connectivity index (χ1) is 12.5. The number of nitrogens with one attached hydrogen (secondary N) is 4. The zero-order chi connectivity index (χ0) is 22.4. The third kappa shape index (κ3) is 7.51. The number of hydrogen-bond donors (Lipinski definition) is 6. The summed E-state index contributed by atoms with van der Waals surface area (Å²) in [7, 11) is 0. The molecule has 28 heavy (non-hydrogen) atoms. The molecule has 4 amide bonds. The topological polar surface area (TPSA) is 180 Å². The number of carbonyl (C=O) groups is 5. The molecule has 0 aromatic heterocycles. The van der Waals surface area contributed by atoms with Crippen molar-refractivity contribution in [3.8, 4) is 0 Å². The number of carboxylic acids is 1. The fraction of sp³-hybridized carbons (Fsp3) is 0.706. The van der Waals surface area contributed by atoms with Crippen molar-refractivity contribution in [2.45, 2.75) is 77.7 Å². The van der Waals surface area contributed by atoms with Crippen molar-refractivity contribution in [2.75, 3.05) is 0 Å². The van der Waals surface area contributed by atoms with Crippen LogP contribution in [0.5, 0.6) is 0 Å². The van der Waals surface area contributed by atoms with Gasteiger partial charge in [-0.2, -0.15) is 0 Å². The predicted molar refractivity (Wildman–Crippen MR) is 101 cm³/mol. The average Bonchev–Trinajstić information content (AvgIpc) is 2.53. The van der Waals surface area contributed by atoms with Gasteiger partial charge >= 0.3 is 5.97 Å². The maximum absolute atomic E-state index is 12.4. The summed E-state index contributed by atoms with van der Waals surface area (Å²) in [5.74, 6) is -3.72. The quantitative estimate of drug-likeness (QED) is 0.264. The first-order valence-corrected chi connectivity index (χ1v) is 8.75. The highest BCUT2D eigenvalue weighted by molar-refractivity contribution is 5.97. The molecule has 11 heteroatoms. The number of rotatable bonds is 9. The van der Waals surface area contributed by atoms with Crippen LogP contribution in [0.25, 0.3) is 0 Å². The van der Waals surface area contributed by atoms with Crippen LogP contribution in [-0.2, 0) is 24.0 Å². The lowest BCUT2D eigenvalue weighted by Crippen LogP contribution is -2.63. The van der Waals surface area contributed by atoms with Crippen LogP contribution in [0.15, 0.2) is 0 Å². The van der Waals surface area contributed by atoms with Gasteiger partial charge in [0.2, 0.25) is 23.6 Å². The van der Waals surface area contributed by atoms with Gasteiger partial charge in [0.05, 0.1) is 6.04 Å². The molecule has 0 aliphatic carbocycles. The van der Waals surface area contributed by atoms with Gasteiger partial charge in [0.15, 0.2) is 0 Å². The fourth-order valence-corrected chi connectivity index (χ4v) is 1.83. The summed E-state index contributed by atoms with van der Waals surface area (Å²) in [5, 5.41) is 18.5. The summed E-state index contributed by atoms with van der Waals surface area (Å²) in [6, 6.07) is -2.96. The lowest BCUT2D eigenvalue weighted by atomic mass is 10.0. The molecule has 0 aliphatic heterocycles. The Morgan fingerprint density at radius 1 is 0.750 bits per heavy atom. The van der Waals surface area contributed by atoms with Gasteiger partial charge in [0.1, 0.15) is 23.2 Å². The Morgan fingerprint density at radius 3 is 1.46 bits per heavy atom. The van der Waals surface area contributed by atoms with Gasteiger partial charge in [0, 0.05) is 0 Å². The second-order valence-corrected chi connectivity index (χ2v) is 7.75. The zero-order valence-corrected chi connectivity index (χ0v) is 17.3. The maximum atomic E-state index is 12.4. The first kappa shape index (κ1) is 25.3. The van der Waals surface area contributed by atoms with Crippen LogP contribution in [0.2, 0.25) is 0 Å². The molecule has 0 spiro atoms. The van der Waals surface area contributed by atoms with Crippen molar-refractivity contribution >= 4 is 29.6 Å². The molecule has 0 aromatic carbocycles. The molecule has 0 radical (unpaired) electrons. The minimum atomic E-state index is -1.42. The van der Waals surface area contributed by atoms with Crippen LogP contribution in [0, 0.1) is 0 Å². The number of hydrogen-bond acceptors (Lipinski definition) is 6. The molecule has 0 aliphatic rings. The van der Waals surface area contributed by atoms with Crippen molar-refractivity contribution in [3.63, 3.8) is 0 Å². The van der Waals surface area contributed by atoms with E-state index in [1.807, 2.05) is 0 Å². The smallest absolute Gasteiger partial charge is 0.325 e. The Hall–Kier alpha value is -2.69. The Morgan fingerprint density at radius 2 is 1.11 bits per heavy atom. The van der Waals surface area contributed by atoms with Crippen molar-refractivity contribution < 1.29 is 29.1 Å².